The second kappa shape index (κ2) is 4.77. The minimum absolute atomic E-state index is 0.0249. The molecule has 1 heterocycles. The van der Waals surface area contributed by atoms with E-state index in [2.05, 4.69) is 5.32 Å². The van der Waals surface area contributed by atoms with Crippen LogP contribution in [0.25, 0.3) is 0 Å². The van der Waals surface area contributed by atoms with Gasteiger partial charge in [-0.05, 0) is 17.7 Å². The number of primary amides is 1. The van der Waals surface area contributed by atoms with Gasteiger partial charge in [0.05, 0.1) is 11.4 Å². The van der Waals surface area contributed by atoms with Crippen molar-refractivity contribution in [1.29, 1.82) is 0 Å². The van der Waals surface area contributed by atoms with E-state index in [1.54, 1.807) is 6.07 Å². The van der Waals surface area contributed by atoms with Crippen molar-refractivity contribution in [2.24, 2.45) is 11.5 Å². The number of hydrogen-bond acceptors (Lipinski definition) is 4. The van der Waals surface area contributed by atoms with Crippen molar-refractivity contribution in [2.75, 3.05) is 11.1 Å². The lowest BCUT2D eigenvalue weighted by Gasteiger charge is -2.18. The number of nitrogens with two attached hydrogens (primary N) is 2. The SMILES string of the molecule is NC(=O)CC(N)c1ccc2c(c1)NC(=O)CS2. The van der Waals surface area contributed by atoms with E-state index in [9.17, 15) is 9.59 Å². The number of thioether (sulfide) groups is 1. The molecule has 17 heavy (non-hydrogen) atoms. The maximum absolute atomic E-state index is 11.2. The van der Waals surface area contributed by atoms with Crippen LogP contribution in [0.1, 0.15) is 18.0 Å². The smallest absolute Gasteiger partial charge is 0.234 e. The zero-order valence-corrected chi connectivity index (χ0v) is 9.92. The van der Waals surface area contributed by atoms with E-state index in [1.807, 2.05) is 12.1 Å². The zero-order valence-electron chi connectivity index (χ0n) is 9.10. The molecule has 0 bridgehead atoms. The van der Waals surface area contributed by atoms with Crippen LogP contribution in [-0.2, 0) is 9.59 Å². The molecule has 1 aliphatic heterocycles. The predicted molar refractivity (Wildman–Crippen MR) is 66.5 cm³/mol. The van der Waals surface area contributed by atoms with Crippen molar-refractivity contribution in [3.63, 3.8) is 0 Å². The molecule has 5 N–H and O–H groups in total. The Kier molecular flexibility index (Phi) is 3.35. The average Bonchev–Trinajstić information content (AvgIpc) is 2.27. The minimum atomic E-state index is -0.436. The number of anilines is 1. The predicted octanol–water partition coefficient (Wildman–Crippen LogP) is 0.606. The lowest BCUT2D eigenvalue weighted by molar-refractivity contribution is -0.118. The Morgan fingerprint density at radius 1 is 1.53 bits per heavy atom. The first-order chi connectivity index (χ1) is 8.06. The highest BCUT2D eigenvalue weighted by Crippen LogP contribution is 2.33. The Morgan fingerprint density at radius 2 is 2.29 bits per heavy atom. The first-order valence-electron chi connectivity index (χ1n) is 5.17. The van der Waals surface area contributed by atoms with Gasteiger partial charge in [-0.15, -0.1) is 11.8 Å². The van der Waals surface area contributed by atoms with Crippen molar-refractivity contribution in [1.82, 2.24) is 0 Å². The highest BCUT2D eigenvalue weighted by Gasteiger charge is 2.17. The van der Waals surface area contributed by atoms with E-state index in [-0.39, 0.29) is 12.3 Å². The van der Waals surface area contributed by atoms with Crippen LogP contribution in [0.5, 0.6) is 0 Å². The standard InChI is InChI=1S/C11H13N3O2S/c12-7(4-10(13)15)6-1-2-9-8(3-6)14-11(16)5-17-9/h1-3,7H,4-5,12H2,(H2,13,15)(H,14,16). The Labute approximate surface area is 103 Å². The lowest BCUT2D eigenvalue weighted by Crippen LogP contribution is -2.22. The summed E-state index contributed by atoms with van der Waals surface area (Å²) < 4.78 is 0. The number of amides is 2. The van der Waals surface area contributed by atoms with Crippen molar-refractivity contribution >= 4 is 29.3 Å². The van der Waals surface area contributed by atoms with Crippen LogP contribution in [0.3, 0.4) is 0 Å². The van der Waals surface area contributed by atoms with E-state index >= 15 is 0 Å². The highest BCUT2D eigenvalue weighted by atomic mass is 32.2. The molecule has 0 radical (unpaired) electrons. The van der Waals surface area contributed by atoms with Crippen LogP contribution in [0.15, 0.2) is 23.1 Å². The van der Waals surface area contributed by atoms with Gasteiger partial charge in [-0.25, -0.2) is 0 Å². The van der Waals surface area contributed by atoms with E-state index in [1.165, 1.54) is 11.8 Å². The monoisotopic (exact) mass is 251 g/mol. The molecule has 1 unspecified atom stereocenters. The van der Waals surface area contributed by atoms with Crippen LogP contribution in [0, 0.1) is 0 Å². The van der Waals surface area contributed by atoms with Gasteiger partial charge in [-0.2, -0.15) is 0 Å². The van der Waals surface area contributed by atoms with E-state index < -0.39 is 11.9 Å². The highest BCUT2D eigenvalue weighted by molar-refractivity contribution is 8.00. The van der Waals surface area contributed by atoms with Gasteiger partial charge in [-0.3, -0.25) is 9.59 Å². The number of carbonyl (C=O) groups is 2. The summed E-state index contributed by atoms with van der Waals surface area (Å²) in [5.41, 5.74) is 12.5. The van der Waals surface area contributed by atoms with Crippen LogP contribution < -0.4 is 16.8 Å². The maximum atomic E-state index is 11.2. The largest absolute Gasteiger partial charge is 0.370 e. The number of nitrogens with one attached hydrogen (secondary N) is 1. The molecule has 90 valence electrons. The summed E-state index contributed by atoms with van der Waals surface area (Å²) in [5, 5.41) is 2.78. The lowest BCUT2D eigenvalue weighted by atomic mass is 10.0. The number of benzene rings is 1. The molecule has 0 saturated carbocycles. The van der Waals surface area contributed by atoms with Crippen molar-refractivity contribution in [2.45, 2.75) is 17.4 Å². The molecular formula is C11H13N3O2S. The van der Waals surface area contributed by atoms with Gasteiger partial charge < -0.3 is 16.8 Å². The Bertz CT molecular complexity index is 476. The van der Waals surface area contributed by atoms with Crippen LogP contribution in [-0.4, -0.2) is 17.6 Å². The summed E-state index contributed by atoms with van der Waals surface area (Å²) in [6, 6.07) is 5.13. The molecule has 0 aliphatic carbocycles. The van der Waals surface area contributed by atoms with Crippen molar-refractivity contribution in [3.05, 3.63) is 23.8 Å². The summed E-state index contributed by atoms with van der Waals surface area (Å²) in [7, 11) is 0. The second-order valence-corrected chi connectivity index (χ2v) is 4.89. The average molecular weight is 251 g/mol. The minimum Gasteiger partial charge on any atom is -0.370 e. The van der Waals surface area contributed by atoms with Crippen LogP contribution in [0.2, 0.25) is 0 Å². The Balaban J connectivity index is 2.23. The van der Waals surface area contributed by atoms with Gasteiger partial charge in [0, 0.05) is 17.4 Å². The summed E-state index contributed by atoms with van der Waals surface area (Å²) in [6.45, 7) is 0. The molecule has 1 atom stereocenters. The molecule has 0 fully saturated rings. The number of rotatable bonds is 3. The third-order valence-corrected chi connectivity index (χ3v) is 3.56. The fraction of sp³-hybridized carbons (Fsp3) is 0.273. The number of hydrogen-bond donors (Lipinski definition) is 3. The Morgan fingerprint density at radius 3 is 3.00 bits per heavy atom. The van der Waals surface area contributed by atoms with Gasteiger partial charge in [0.1, 0.15) is 0 Å². The number of carbonyl (C=O) groups excluding carboxylic acids is 2. The van der Waals surface area contributed by atoms with E-state index in [0.717, 1.165) is 16.1 Å². The molecule has 0 saturated heterocycles. The van der Waals surface area contributed by atoms with Gasteiger partial charge in [0.2, 0.25) is 11.8 Å². The Hall–Kier alpha value is -1.53. The summed E-state index contributed by atoms with van der Waals surface area (Å²) >= 11 is 1.49. The first-order valence-corrected chi connectivity index (χ1v) is 6.15. The number of fused-ring (bicyclic) bond motifs is 1. The third-order valence-electron chi connectivity index (χ3n) is 2.49. The van der Waals surface area contributed by atoms with Gasteiger partial charge >= 0.3 is 0 Å². The van der Waals surface area contributed by atoms with Gasteiger partial charge in [-0.1, -0.05) is 6.07 Å². The molecule has 5 nitrogen and oxygen atoms in total. The molecule has 1 aromatic carbocycles. The van der Waals surface area contributed by atoms with Crippen LogP contribution >= 0.6 is 11.8 Å². The maximum Gasteiger partial charge on any atom is 0.234 e. The van der Waals surface area contributed by atoms with Crippen molar-refractivity contribution in [3.8, 4) is 0 Å². The van der Waals surface area contributed by atoms with Gasteiger partial charge in [0.25, 0.3) is 0 Å². The topological polar surface area (TPSA) is 98.2 Å². The van der Waals surface area contributed by atoms with E-state index in [4.69, 9.17) is 11.5 Å². The molecule has 1 aromatic rings. The van der Waals surface area contributed by atoms with Crippen molar-refractivity contribution < 1.29 is 9.59 Å². The van der Waals surface area contributed by atoms with E-state index in [0.29, 0.717) is 5.75 Å². The van der Waals surface area contributed by atoms with Crippen LogP contribution in [0.4, 0.5) is 5.69 Å². The molecule has 0 spiro atoms. The molecule has 0 aromatic heterocycles. The summed E-state index contributed by atoms with van der Waals surface area (Å²) in [5.74, 6) is -0.0311. The molecule has 2 amide bonds. The summed E-state index contributed by atoms with van der Waals surface area (Å²) in [4.78, 5) is 23.1. The molecule has 6 heteroatoms. The first kappa shape index (κ1) is 11.9. The fourth-order valence-electron chi connectivity index (χ4n) is 1.67. The summed E-state index contributed by atoms with van der Waals surface area (Å²) in [6.07, 6.45) is 0.0971. The normalized spacial score (nSPS) is 15.9. The van der Waals surface area contributed by atoms with Gasteiger partial charge in [0.15, 0.2) is 0 Å². The second-order valence-electron chi connectivity index (χ2n) is 3.87. The molecule has 2 rings (SSSR count). The third kappa shape index (κ3) is 2.78. The quantitative estimate of drug-likeness (QED) is 0.732. The zero-order chi connectivity index (χ0) is 12.4. The molecule has 1 aliphatic rings. The molecular weight excluding hydrogens is 238 g/mol. The fourth-order valence-corrected chi connectivity index (χ4v) is 2.45.